The van der Waals surface area contributed by atoms with Crippen LogP contribution >= 0.6 is 0 Å². The fraction of sp³-hybridized carbons (Fsp3) is 0.647. The van der Waals surface area contributed by atoms with Crippen molar-refractivity contribution in [1.29, 1.82) is 0 Å². The van der Waals surface area contributed by atoms with Crippen LogP contribution in [0, 0.1) is 0 Å². The molecule has 1 aromatic carbocycles. The highest BCUT2D eigenvalue weighted by molar-refractivity contribution is 5.43. The van der Waals surface area contributed by atoms with Gasteiger partial charge < -0.3 is 14.6 Å². The van der Waals surface area contributed by atoms with Gasteiger partial charge in [0.25, 0.3) is 0 Å². The van der Waals surface area contributed by atoms with Gasteiger partial charge in [-0.15, -0.1) is 0 Å². The van der Waals surface area contributed by atoms with E-state index >= 15 is 0 Å². The third-order valence-corrected chi connectivity index (χ3v) is 3.89. The molecule has 0 spiro atoms. The molecular weight excluding hydrogens is 266 g/mol. The molecular formula is C17H27NO3. The Bertz CT molecular complexity index is 436. The van der Waals surface area contributed by atoms with Gasteiger partial charge in [0.05, 0.1) is 19.8 Å². The van der Waals surface area contributed by atoms with Gasteiger partial charge in [0.2, 0.25) is 0 Å². The van der Waals surface area contributed by atoms with Crippen LogP contribution in [0.2, 0.25) is 0 Å². The maximum absolute atomic E-state index is 9.59. The van der Waals surface area contributed by atoms with E-state index in [0.29, 0.717) is 0 Å². The Kier molecular flexibility index (Phi) is 6.33. The molecule has 0 bridgehead atoms. The van der Waals surface area contributed by atoms with Crippen LogP contribution in [0.4, 0.5) is 0 Å². The van der Waals surface area contributed by atoms with Gasteiger partial charge in [0.1, 0.15) is 0 Å². The predicted octanol–water partition coefficient (Wildman–Crippen LogP) is 2.83. The van der Waals surface area contributed by atoms with Crippen LogP contribution < -0.4 is 9.47 Å². The average molecular weight is 293 g/mol. The van der Waals surface area contributed by atoms with Crippen molar-refractivity contribution in [3.8, 4) is 11.5 Å². The van der Waals surface area contributed by atoms with E-state index < -0.39 is 0 Å². The highest BCUT2D eigenvalue weighted by Crippen LogP contribution is 2.29. The van der Waals surface area contributed by atoms with Gasteiger partial charge in [0, 0.05) is 19.6 Å². The molecule has 2 rings (SSSR count). The first-order chi connectivity index (χ1) is 10.2. The van der Waals surface area contributed by atoms with Crippen molar-refractivity contribution in [2.75, 3.05) is 26.8 Å². The lowest BCUT2D eigenvalue weighted by Gasteiger charge is -2.17. The predicted molar refractivity (Wildman–Crippen MR) is 83.9 cm³/mol. The molecule has 1 heterocycles. The van der Waals surface area contributed by atoms with Crippen LogP contribution in [0.3, 0.4) is 0 Å². The summed E-state index contributed by atoms with van der Waals surface area (Å²) in [4.78, 5) is 2.27. The van der Waals surface area contributed by atoms with E-state index in [1.165, 1.54) is 18.4 Å². The molecule has 1 N–H and O–H groups in total. The zero-order valence-corrected chi connectivity index (χ0v) is 13.2. The minimum absolute atomic E-state index is 0.173. The van der Waals surface area contributed by atoms with Gasteiger partial charge in [-0.05, 0) is 30.5 Å². The first-order valence-electron chi connectivity index (χ1n) is 7.93. The van der Waals surface area contributed by atoms with Gasteiger partial charge in [-0.3, -0.25) is 4.90 Å². The van der Waals surface area contributed by atoms with Crippen LogP contribution in [0.15, 0.2) is 18.2 Å². The van der Waals surface area contributed by atoms with Crippen LogP contribution in [0.5, 0.6) is 11.5 Å². The normalized spacial score (nSPS) is 18.9. The maximum Gasteiger partial charge on any atom is 0.161 e. The molecule has 0 aromatic heterocycles. The molecule has 4 nitrogen and oxygen atoms in total. The van der Waals surface area contributed by atoms with Crippen molar-refractivity contribution in [1.82, 2.24) is 4.90 Å². The molecule has 1 aromatic rings. The van der Waals surface area contributed by atoms with Gasteiger partial charge in [-0.25, -0.2) is 0 Å². The van der Waals surface area contributed by atoms with Crippen LogP contribution in [0.1, 0.15) is 38.2 Å². The summed E-state index contributed by atoms with van der Waals surface area (Å²) in [6, 6.07) is 6.11. The summed E-state index contributed by atoms with van der Waals surface area (Å²) < 4.78 is 11.2. The third kappa shape index (κ3) is 4.90. The maximum atomic E-state index is 9.59. The highest BCUT2D eigenvalue weighted by Gasteiger charge is 2.20. The molecule has 4 heteroatoms. The van der Waals surface area contributed by atoms with E-state index in [9.17, 15) is 5.11 Å². The summed E-state index contributed by atoms with van der Waals surface area (Å²) in [6.07, 6.45) is 4.15. The number of benzene rings is 1. The highest BCUT2D eigenvalue weighted by atomic mass is 16.5. The Morgan fingerprint density at radius 2 is 2.14 bits per heavy atom. The number of nitrogens with zero attached hydrogens (tertiary/aromatic N) is 1. The third-order valence-electron chi connectivity index (χ3n) is 3.89. The van der Waals surface area contributed by atoms with E-state index in [1.54, 1.807) is 7.11 Å². The molecule has 1 aliphatic heterocycles. The minimum atomic E-state index is -0.173. The second kappa shape index (κ2) is 8.25. The standard InChI is InChI=1S/C17H27NO3/c1-3-4-5-10-21-17-11-14(6-7-16(17)20-2)12-18-9-8-15(19)13-18/h6-7,11,15,19H,3-5,8-10,12-13H2,1-2H3/t15-/m1/s1. The van der Waals surface area contributed by atoms with E-state index in [2.05, 4.69) is 24.0 Å². The SMILES string of the molecule is CCCCCOc1cc(CN2CC[C@@H](O)C2)ccc1OC. The number of unbranched alkanes of at least 4 members (excludes halogenated alkanes) is 2. The molecule has 1 atom stereocenters. The van der Waals surface area contributed by atoms with E-state index in [1.807, 2.05) is 6.07 Å². The molecule has 118 valence electrons. The number of aliphatic hydroxyl groups excluding tert-OH is 1. The Morgan fingerprint density at radius 3 is 2.81 bits per heavy atom. The van der Waals surface area contributed by atoms with Crippen LogP contribution in [0.25, 0.3) is 0 Å². The smallest absolute Gasteiger partial charge is 0.161 e. The van der Waals surface area contributed by atoms with Crippen molar-refractivity contribution < 1.29 is 14.6 Å². The molecule has 0 radical (unpaired) electrons. The van der Waals surface area contributed by atoms with Gasteiger partial charge in [0.15, 0.2) is 11.5 Å². The lowest BCUT2D eigenvalue weighted by atomic mass is 10.2. The van der Waals surface area contributed by atoms with Crippen molar-refractivity contribution in [2.45, 2.75) is 45.3 Å². The van der Waals surface area contributed by atoms with Crippen LogP contribution in [-0.2, 0) is 6.54 Å². The number of likely N-dealkylation sites (tertiary alicyclic amines) is 1. The molecule has 1 fully saturated rings. The van der Waals surface area contributed by atoms with Crippen molar-refractivity contribution in [2.24, 2.45) is 0 Å². The first-order valence-corrected chi connectivity index (χ1v) is 7.93. The van der Waals surface area contributed by atoms with E-state index in [-0.39, 0.29) is 6.10 Å². The Morgan fingerprint density at radius 1 is 1.29 bits per heavy atom. The van der Waals surface area contributed by atoms with E-state index in [0.717, 1.165) is 50.6 Å². The molecule has 21 heavy (non-hydrogen) atoms. The second-order valence-corrected chi connectivity index (χ2v) is 5.72. The van der Waals surface area contributed by atoms with Crippen molar-refractivity contribution in [3.63, 3.8) is 0 Å². The Labute approximate surface area is 127 Å². The quantitative estimate of drug-likeness (QED) is 0.748. The van der Waals surface area contributed by atoms with Crippen molar-refractivity contribution in [3.05, 3.63) is 23.8 Å². The number of methoxy groups -OCH3 is 1. The number of hydrogen-bond acceptors (Lipinski definition) is 4. The lowest BCUT2D eigenvalue weighted by Crippen LogP contribution is -2.21. The summed E-state index contributed by atoms with van der Waals surface area (Å²) in [5.41, 5.74) is 1.20. The summed E-state index contributed by atoms with van der Waals surface area (Å²) in [5, 5.41) is 9.59. The van der Waals surface area contributed by atoms with Gasteiger partial charge >= 0.3 is 0 Å². The summed E-state index contributed by atoms with van der Waals surface area (Å²) in [7, 11) is 1.67. The average Bonchev–Trinajstić information content (AvgIpc) is 2.89. The summed E-state index contributed by atoms with van der Waals surface area (Å²) in [6.45, 7) is 5.49. The largest absolute Gasteiger partial charge is 0.493 e. The molecule has 1 aliphatic rings. The monoisotopic (exact) mass is 293 g/mol. The minimum Gasteiger partial charge on any atom is -0.493 e. The van der Waals surface area contributed by atoms with Gasteiger partial charge in [-0.1, -0.05) is 25.8 Å². The Balaban J connectivity index is 1.95. The van der Waals surface area contributed by atoms with Crippen molar-refractivity contribution >= 4 is 0 Å². The fourth-order valence-corrected chi connectivity index (χ4v) is 2.68. The summed E-state index contributed by atoms with van der Waals surface area (Å²) >= 11 is 0. The topological polar surface area (TPSA) is 41.9 Å². The number of β-amino-alcohol motifs (C(OH)–C–C–N with tert-alkyl or cyclic N) is 1. The first kappa shape index (κ1) is 16.1. The lowest BCUT2D eigenvalue weighted by molar-refractivity contribution is 0.174. The van der Waals surface area contributed by atoms with Crippen LogP contribution in [-0.4, -0.2) is 42.9 Å². The molecule has 0 unspecified atom stereocenters. The fourth-order valence-electron chi connectivity index (χ4n) is 2.68. The van der Waals surface area contributed by atoms with E-state index in [4.69, 9.17) is 9.47 Å². The molecule has 0 amide bonds. The number of aliphatic hydroxyl groups is 1. The number of ether oxygens (including phenoxy) is 2. The zero-order chi connectivity index (χ0) is 15.1. The number of rotatable bonds is 8. The second-order valence-electron chi connectivity index (χ2n) is 5.72. The molecule has 0 saturated carbocycles. The zero-order valence-electron chi connectivity index (χ0n) is 13.2. The number of hydrogen-bond donors (Lipinski definition) is 1. The summed E-state index contributed by atoms with van der Waals surface area (Å²) in [5.74, 6) is 1.61. The Hall–Kier alpha value is -1.26. The van der Waals surface area contributed by atoms with Gasteiger partial charge in [-0.2, -0.15) is 0 Å². The molecule has 0 aliphatic carbocycles. The molecule has 1 saturated heterocycles.